The molecule has 0 aliphatic carbocycles. The highest BCUT2D eigenvalue weighted by Gasteiger charge is 2.00. The van der Waals surface area contributed by atoms with E-state index >= 15 is 0 Å². The van der Waals surface area contributed by atoms with E-state index in [4.69, 9.17) is 14.6 Å². The Labute approximate surface area is 83.6 Å². The van der Waals surface area contributed by atoms with Crippen molar-refractivity contribution in [2.45, 2.75) is 32.6 Å². The molecule has 80 valence electrons. The summed E-state index contributed by atoms with van der Waals surface area (Å²) < 4.78 is 5.26. The number of furan rings is 1. The number of aliphatic hydroxyl groups is 2. The van der Waals surface area contributed by atoms with Gasteiger partial charge in [-0.1, -0.05) is 0 Å². The lowest BCUT2D eigenvalue weighted by Gasteiger charge is -2.04. The van der Waals surface area contributed by atoms with E-state index < -0.39 is 0 Å². The maximum atomic E-state index is 9.00. The number of aliphatic hydroxyl groups excluding tert-OH is 2. The van der Waals surface area contributed by atoms with Gasteiger partial charge in [-0.15, -0.1) is 0 Å². The Morgan fingerprint density at radius 3 is 2.71 bits per heavy atom. The summed E-state index contributed by atoms with van der Waals surface area (Å²) in [5, 5.41) is 20.9. The predicted octanol–water partition coefficient (Wildman–Crippen LogP) is 0.632. The number of nitrogens with one attached hydrogen (secondary N) is 1. The van der Waals surface area contributed by atoms with Crippen LogP contribution in [0, 0.1) is 0 Å². The highest BCUT2D eigenvalue weighted by atomic mass is 16.4. The molecule has 0 fully saturated rings. The van der Waals surface area contributed by atoms with Crippen molar-refractivity contribution in [3.63, 3.8) is 0 Å². The molecule has 0 aliphatic heterocycles. The van der Waals surface area contributed by atoms with Crippen LogP contribution in [0.1, 0.15) is 24.9 Å². The van der Waals surface area contributed by atoms with Crippen LogP contribution >= 0.6 is 0 Å². The second-order valence-electron chi connectivity index (χ2n) is 3.34. The fraction of sp³-hybridized carbons (Fsp3) is 0.600. The summed E-state index contributed by atoms with van der Waals surface area (Å²) in [6, 6.07) is 3.59. The Bertz CT molecular complexity index is 258. The SMILES string of the molecule is C[C@@H](O)CCNCc1ccc(CO)o1. The molecule has 0 aliphatic rings. The first-order valence-corrected chi connectivity index (χ1v) is 4.79. The minimum absolute atomic E-state index is 0.0618. The summed E-state index contributed by atoms with van der Waals surface area (Å²) in [5.41, 5.74) is 0. The normalized spacial score (nSPS) is 13.1. The molecule has 0 saturated carbocycles. The summed E-state index contributed by atoms with van der Waals surface area (Å²) in [7, 11) is 0. The standard InChI is InChI=1S/C10H17NO3/c1-8(13)4-5-11-6-9-2-3-10(7-12)14-9/h2-3,8,11-13H,4-7H2,1H3/t8-/m1/s1. The van der Waals surface area contributed by atoms with Crippen LogP contribution in [0.25, 0.3) is 0 Å². The van der Waals surface area contributed by atoms with E-state index in [-0.39, 0.29) is 12.7 Å². The van der Waals surface area contributed by atoms with Crippen LogP contribution in [0.15, 0.2) is 16.5 Å². The molecule has 4 heteroatoms. The van der Waals surface area contributed by atoms with Crippen molar-refractivity contribution in [2.24, 2.45) is 0 Å². The monoisotopic (exact) mass is 199 g/mol. The maximum Gasteiger partial charge on any atom is 0.129 e. The van der Waals surface area contributed by atoms with Crippen molar-refractivity contribution >= 4 is 0 Å². The summed E-state index contributed by atoms with van der Waals surface area (Å²) in [6.07, 6.45) is 0.459. The maximum absolute atomic E-state index is 9.00. The molecule has 1 rings (SSSR count). The molecule has 3 N–H and O–H groups in total. The second kappa shape index (κ2) is 5.80. The van der Waals surface area contributed by atoms with Crippen LogP contribution in [0.3, 0.4) is 0 Å². The van der Waals surface area contributed by atoms with Crippen molar-refractivity contribution in [1.82, 2.24) is 5.32 Å². The fourth-order valence-corrected chi connectivity index (χ4v) is 1.12. The largest absolute Gasteiger partial charge is 0.462 e. The molecule has 0 bridgehead atoms. The molecule has 0 radical (unpaired) electrons. The van der Waals surface area contributed by atoms with Crippen LogP contribution in [0.5, 0.6) is 0 Å². The van der Waals surface area contributed by atoms with Gasteiger partial charge >= 0.3 is 0 Å². The lowest BCUT2D eigenvalue weighted by Crippen LogP contribution is -2.18. The van der Waals surface area contributed by atoms with Crippen molar-refractivity contribution < 1.29 is 14.6 Å². The zero-order chi connectivity index (χ0) is 10.4. The average molecular weight is 199 g/mol. The number of hydrogen-bond donors (Lipinski definition) is 3. The van der Waals surface area contributed by atoms with Crippen molar-refractivity contribution in [1.29, 1.82) is 0 Å². The number of rotatable bonds is 6. The lowest BCUT2D eigenvalue weighted by atomic mass is 10.3. The molecule has 1 heterocycles. The molecule has 4 nitrogen and oxygen atoms in total. The van der Waals surface area contributed by atoms with Crippen molar-refractivity contribution in [3.8, 4) is 0 Å². The minimum Gasteiger partial charge on any atom is -0.462 e. The van der Waals surface area contributed by atoms with Gasteiger partial charge in [-0.25, -0.2) is 0 Å². The first kappa shape index (κ1) is 11.2. The third-order valence-corrected chi connectivity index (χ3v) is 1.91. The summed E-state index contributed by atoms with van der Waals surface area (Å²) in [5.74, 6) is 1.39. The second-order valence-corrected chi connectivity index (χ2v) is 3.34. The van der Waals surface area contributed by atoms with E-state index in [9.17, 15) is 0 Å². The molecule has 0 unspecified atom stereocenters. The first-order valence-electron chi connectivity index (χ1n) is 4.79. The van der Waals surface area contributed by atoms with Crippen LogP contribution in [0.4, 0.5) is 0 Å². The van der Waals surface area contributed by atoms with Gasteiger partial charge in [0.15, 0.2) is 0 Å². The minimum atomic E-state index is -0.271. The highest BCUT2D eigenvalue weighted by molar-refractivity contribution is 5.05. The Balaban J connectivity index is 2.18. The van der Waals surface area contributed by atoms with Gasteiger partial charge in [0.25, 0.3) is 0 Å². The van der Waals surface area contributed by atoms with E-state index in [0.29, 0.717) is 12.3 Å². The third-order valence-electron chi connectivity index (χ3n) is 1.91. The third kappa shape index (κ3) is 3.91. The summed E-state index contributed by atoms with van der Waals surface area (Å²) in [4.78, 5) is 0. The van der Waals surface area contributed by atoms with E-state index in [2.05, 4.69) is 5.32 Å². The van der Waals surface area contributed by atoms with E-state index in [1.54, 1.807) is 13.0 Å². The zero-order valence-electron chi connectivity index (χ0n) is 8.36. The fourth-order valence-electron chi connectivity index (χ4n) is 1.12. The molecule has 0 spiro atoms. The quantitative estimate of drug-likeness (QED) is 0.588. The van der Waals surface area contributed by atoms with E-state index in [0.717, 1.165) is 18.7 Å². The molecule has 0 aromatic carbocycles. The summed E-state index contributed by atoms with van der Waals surface area (Å²) in [6.45, 7) is 3.09. The van der Waals surface area contributed by atoms with Gasteiger partial charge in [0.05, 0.1) is 12.6 Å². The van der Waals surface area contributed by atoms with Crippen LogP contribution in [0.2, 0.25) is 0 Å². The molecule has 14 heavy (non-hydrogen) atoms. The van der Waals surface area contributed by atoms with Gasteiger partial charge in [-0.2, -0.15) is 0 Å². The van der Waals surface area contributed by atoms with Crippen molar-refractivity contribution in [2.75, 3.05) is 6.54 Å². The Hall–Kier alpha value is -0.840. The van der Waals surface area contributed by atoms with Gasteiger partial charge in [0, 0.05) is 0 Å². The smallest absolute Gasteiger partial charge is 0.129 e. The Morgan fingerprint density at radius 2 is 2.14 bits per heavy atom. The Kier molecular flexibility index (Phi) is 4.65. The molecule has 1 atom stereocenters. The lowest BCUT2D eigenvalue weighted by molar-refractivity contribution is 0.183. The van der Waals surface area contributed by atoms with Gasteiger partial charge in [0.1, 0.15) is 18.1 Å². The average Bonchev–Trinajstić information content (AvgIpc) is 2.60. The highest BCUT2D eigenvalue weighted by Crippen LogP contribution is 2.06. The van der Waals surface area contributed by atoms with E-state index in [1.165, 1.54) is 0 Å². The summed E-state index contributed by atoms with van der Waals surface area (Å²) >= 11 is 0. The Morgan fingerprint density at radius 1 is 1.43 bits per heavy atom. The van der Waals surface area contributed by atoms with Gasteiger partial charge < -0.3 is 19.9 Å². The topological polar surface area (TPSA) is 65.6 Å². The van der Waals surface area contributed by atoms with Crippen LogP contribution in [-0.2, 0) is 13.2 Å². The zero-order valence-corrected chi connectivity index (χ0v) is 8.36. The molecule has 0 amide bonds. The van der Waals surface area contributed by atoms with Gasteiger partial charge in [-0.05, 0) is 32.0 Å². The van der Waals surface area contributed by atoms with Gasteiger partial charge in [-0.3, -0.25) is 0 Å². The van der Waals surface area contributed by atoms with Crippen LogP contribution < -0.4 is 5.32 Å². The number of hydrogen-bond acceptors (Lipinski definition) is 4. The van der Waals surface area contributed by atoms with Gasteiger partial charge in [0.2, 0.25) is 0 Å². The van der Waals surface area contributed by atoms with Crippen LogP contribution in [-0.4, -0.2) is 22.9 Å². The first-order chi connectivity index (χ1) is 6.72. The molecular weight excluding hydrogens is 182 g/mol. The molecule has 0 saturated heterocycles. The molecular formula is C10H17NO3. The van der Waals surface area contributed by atoms with E-state index in [1.807, 2.05) is 6.07 Å². The van der Waals surface area contributed by atoms with Crippen molar-refractivity contribution in [3.05, 3.63) is 23.7 Å². The predicted molar refractivity (Wildman–Crippen MR) is 52.6 cm³/mol. The molecule has 1 aromatic heterocycles. The molecule has 1 aromatic rings.